The molecule has 1 N–H and O–H groups in total. The van der Waals surface area contributed by atoms with Crippen LogP contribution >= 0.6 is 0 Å². The van der Waals surface area contributed by atoms with Crippen LogP contribution in [-0.4, -0.2) is 36.4 Å². The zero-order valence-electron chi connectivity index (χ0n) is 47.6. The van der Waals surface area contributed by atoms with Gasteiger partial charge in [-0.3, -0.25) is 9.59 Å². The highest BCUT2D eigenvalue weighted by atomic mass is 16.6. The van der Waals surface area contributed by atoms with Gasteiger partial charge in [0.15, 0.2) is 6.10 Å². The lowest BCUT2D eigenvalue weighted by Gasteiger charge is -2.15. The molecule has 1 unspecified atom stereocenters. The fraction of sp³-hybridized carbons (Fsp3) is 0.676. The van der Waals surface area contributed by atoms with Crippen LogP contribution < -0.4 is 0 Å². The number of esters is 2. The van der Waals surface area contributed by atoms with Crippen molar-refractivity contribution in [1.82, 2.24) is 0 Å². The highest BCUT2D eigenvalue weighted by molar-refractivity contribution is 5.70. The molecule has 5 nitrogen and oxygen atoms in total. The summed E-state index contributed by atoms with van der Waals surface area (Å²) in [6, 6.07) is 0. The third-order valence-electron chi connectivity index (χ3n) is 13.0. The first kappa shape index (κ1) is 69.3. The molecule has 0 aromatic rings. The van der Waals surface area contributed by atoms with E-state index in [1.54, 1.807) is 0 Å². The third-order valence-corrected chi connectivity index (χ3v) is 13.0. The summed E-state index contributed by atoms with van der Waals surface area (Å²) in [6.45, 7) is 4.01. The lowest BCUT2D eigenvalue weighted by molar-refractivity contribution is -0.161. The molecule has 0 bridgehead atoms. The van der Waals surface area contributed by atoms with Crippen molar-refractivity contribution < 1.29 is 24.2 Å². The smallest absolute Gasteiger partial charge is 0.306 e. The van der Waals surface area contributed by atoms with E-state index in [9.17, 15) is 14.7 Å². The molecular formula is C68H114O5. The Morgan fingerprint density at radius 1 is 0.329 bits per heavy atom. The number of rotatable bonds is 55. The van der Waals surface area contributed by atoms with Crippen molar-refractivity contribution >= 4 is 11.9 Å². The van der Waals surface area contributed by atoms with Gasteiger partial charge < -0.3 is 14.6 Å². The Balaban J connectivity index is 3.50. The van der Waals surface area contributed by atoms with Crippen LogP contribution in [0.4, 0.5) is 0 Å². The van der Waals surface area contributed by atoms with E-state index in [4.69, 9.17) is 9.47 Å². The van der Waals surface area contributed by atoms with Gasteiger partial charge in [0.1, 0.15) is 6.61 Å². The summed E-state index contributed by atoms with van der Waals surface area (Å²) in [5.41, 5.74) is 0. The van der Waals surface area contributed by atoms with E-state index in [2.05, 4.69) is 135 Å². The monoisotopic (exact) mass is 1010 g/mol. The quantitative estimate of drug-likeness (QED) is 0.0373. The van der Waals surface area contributed by atoms with Gasteiger partial charge >= 0.3 is 11.9 Å². The van der Waals surface area contributed by atoms with Crippen molar-refractivity contribution in [2.24, 2.45) is 0 Å². The van der Waals surface area contributed by atoms with Gasteiger partial charge in [-0.2, -0.15) is 0 Å². The number of hydrogen-bond acceptors (Lipinski definition) is 5. The first-order valence-electron chi connectivity index (χ1n) is 30.6. The predicted octanol–water partition coefficient (Wildman–Crippen LogP) is 21.0. The molecule has 0 saturated heterocycles. The van der Waals surface area contributed by atoms with Gasteiger partial charge in [-0.1, -0.05) is 277 Å². The Hall–Kier alpha value is -3.70. The minimum Gasteiger partial charge on any atom is -0.462 e. The maximum Gasteiger partial charge on any atom is 0.306 e. The topological polar surface area (TPSA) is 72.8 Å². The number of aliphatic hydroxyl groups excluding tert-OH is 1. The first-order valence-corrected chi connectivity index (χ1v) is 30.6. The summed E-state index contributed by atoms with van der Waals surface area (Å²) in [7, 11) is 0. The number of ether oxygens (including phenoxy) is 2. The molecule has 1 atom stereocenters. The van der Waals surface area contributed by atoms with E-state index in [1.807, 2.05) is 0 Å². The number of allylic oxidation sites excluding steroid dienone is 20. The van der Waals surface area contributed by atoms with E-state index >= 15 is 0 Å². The molecular weight excluding hydrogens is 897 g/mol. The Labute approximate surface area is 452 Å². The van der Waals surface area contributed by atoms with E-state index in [1.165, 1.54) is 148 Å². The van der Waals surface area contributed by atoms with Gasteiger partial charge in [0.05, 0.1) is 6.61 Å². The summed E-state index contributed by atoms with van der Waals surface area (Å²) >= 11 is 0. The summed E-state index contributed by atoms with van der Waals surface area (Å²) in [5, 5.41) is 9.66. The Bertz CT molecular complexity index is 1470. The number of unbranched alkanes of at least 4 members (excludes halogenated alkanes) is 27. The molecule has 0 spiro atoms. The Kier molecular flexibility index (Phi) is 59.4. The van der Waals surface area contributed by atoms with Crippen molar-refractivity contribution in [2.75, 3.05) is 13.2 Å². The number of carbonyl (C=O) groups excluding carboxylic acids is 2. The van der Waals surface area contributed by atoms with E-state index in [0.717, 1.165) is 103 Å². The molecule has 73 heavy (non-hydrogen) atoms. The summed E-state index contributed by atoms with van der Waals surface area (Å²) in [6.07, 6.45) is 91.9. The standard InChI is InChI=1S/C68H114O5/c1-3-5-7-9-11-13-15-17-19-21-23-24-25-26-27-28-29-30-31-32-33-34-35-36-37-38-39-40-41-42-43-44-45-47-49-51-53-55-57-59-61-63-68(71)73-66(64-69)65-72-67(70)62-60-58-56-54-52-50-48-46-22-20-18-16-14-12-10-8-6-4-2/h5,7,11,13-14,16-17,19-20,22-24,26-27,29-30,32-33,35-36,66,69H,3-4,6,8-10,12,15,18,21,25,28,31,34,37-65H2,1-2H3/b7-5-,13-11-,16-14-,19-17-,22-20-,24-23-,27-26-,30-29-,33-32-,36-35-. The molecule has 0 amide bonds. The molecule has 0 saturated carbocycles. The van der Waals surface area contributed by atoms with Gasteiger partial charge in [0, 0.05) is 12.8 Å². The van der Waals surface area contributed by atoms with Crippen LogP contribution in [0, 0.1) is 0 Å². The second-order valence-corrected chi connectivity index (χ2v) is 20.0. The molecule has 0 heterocycles. The van der Waals surface area contributed by atoms with Crippen LogP contribution in [0.3, 0.4) is 0 Å². The SMILES string of the molecule is CC/C=C\C/C=C\C/C=C\C/C=C\C/C=C\C/C=C\C/C=C\C/C=C\CCCCCCCCCCCCCCCCCCC(=O)OC(CO)COC(=O)CCCCCCCCC/C=C\C/C=C\CCCCCC. The average Bonchev–Trinajstić information content (AvgIpc) is 3.39. The Morgan fingerprint density at radius 3 is 0.890 bits per heavy atom. The normalized spacial score (nSPS) is 13.1. The molecule has 0 aliphatic rings. The maximum absolute atomic E-state index is 12.3. The zero-order chi connectivity index (χ0) is 52.7. The second kappa shape index (κ2) is 62.6. The minimum absolute atomic E-state index is 0.0727. The predicted molar refractivity (Wildman–Crippen MR) is 320 cm³/mol. The van der Waals surface area contributed by atoms with Crippen LogP contribution in [0.5, 0.6) is 0 Å². The fourth-order valence-corrected chi connectivity index (χ4v) is 8.43. The maximum atomic E-state index is 12.3. The number of hydrogen-bond donors (Lipinski definition) is 1. The van der Waals surface area contributed by atoms with Crippen molar-refractivity contribution in [3.05, 3.63) is 122 Å². The van der Waals surface area contributed by atoms with E-state index in [-0.39, 0.29) is 25.2 Å². The van der Waals surface area contributed by atoms with Crippen LogP contribution in [0.2, 0.25) is 0 Å². The largest absolute Gasteiger partial charge is 0.462 e. The zero-order valence-corrected chi connectivity index (χ0v) is 47.6. The second-order valence-electron chi connectivity index (χ2n) is 20.0. The molecule has 0 aromatic carbocycles. The van der Waals surface area contributed by atoms with Crippen molar-refractivity contribution in [3.63, 3.8) is 0 Å². The van der Waals surface area contributed by atoms with Gasteiger partial charge in [-0.05, 0) is 109 Å². The molecule has 0 radical (unpaired) electrons. The third kappa shape index (κ3) is 60.7. The lowest BCUT2D eigenvalue weighted by atomic mass is 10.0. The lowest BCUT2D eigenvalue weighted by Crippen LogP contribution is -2.28. The molecule has 5 heteroatoms. The van der Waals surface area contributed by atoms with Crippen molar-refractivity contribution in [2.45, 2.75) is 283 Å². The first-order chi connectivity index (χ1) is 36.1. The van der Waals surface area contributed by atoms with Gasteiger partial charge in [-0.15, -0.1) is 0 Å². The highest BCUT2D eigenvalue weighted by Gasteiger charge is 2.16. The summed E-state index contributed by atoms with van der Waals surface area (Å²) < 4.78 is 10.7. The molecule has 416 valence electrons. The van der Waals surface area contributed by atoms with Crippen LogP contribution in [0.1, 0.15) is 277 Å². The Morgan fingerprint density at radius 2 is 0.589 bits per heavy atom. The molecule has 0 aliphatic carbocycles. The summed E-state index contributed by atoms with van der Waals surface area (Å²) in [4.78, 5) is 24.5. The minimum atomic E-state index is -0.781. The molecule has 0 fully saturated rings. The van der Waals surface area contributed by atoms with Gasteiger partial charge in [0.2, 0.25) is 0 Å². The van der Waals surface area contributed by atoms with Crippen molar-refractivity contribution in [1.29, 1.82) is 0 Å². The van der Waals surface area contributed by atoms with E-state index < -0.39 is 6.10 Å². The number of carbonyl (C=O) groups is 2. The van der Waals surface area contributed by atoms with Crippen LogP contribution in [-0.2, 0) is 19.1 Å². The molecule has 0 rings (SSSR count). The number of aliphatic hydroxyl groups is 1. The molecule has 0 aliphatic heterocycles. The average molecular weight is 1010 g/mol. The molecule has 0 aromatic heterocycles. The van der Waals surface area contributed by atoms with Gasteiger partial charge in [-0.25, -0.2) is 0 Å². The van der Waals surface area contributed by atoms with Crippen molar-refractivity contribution in [3.8, 4) is 0 Å². The van der Waals surface area contributed by atoms with E-state index in [0.29, 0.717) is 12.8 Å². The van der Waals surface area contributed by atoms with Gasteiger partial charge in [0.25, 0.3) is 0 Å². The highest BCUT2D eigenvalue weighted by Crippen LogP contribution is 2.16. The summed E-state index contributed by atoms with van der Waals surface area (Å²) in [5.74, 6) is -0.597. The van der Waals surface area contributed by atoms with Crippen LogP contribution in [0.15, 0.2) is 122 Å². The fourth-order valence-electron chi connectivity index (χ4n) is 8.43. The van der Waals surface area contributed by atoms with Crippen LogP contribution in [0.25, 0.3) is 0 Å².